The Morgan fingerprint density at radius 2 is 1.89 bits per heavy atom. The number of ketones is 1. The molecule has 0 saturated carbocycles. The third-order valence-electron chi connectivity index (χ3n) is 3.02. The SMILES string of the molecule is CCCCC(C(=O)OC)C(=O)c1ccc(SC)cc1. The molecule has 0 bridgehead atoms. The molecule has 104 valence electrons. The average Bonchev–Trinajstić information content (AvgIpc) is 2.47. The van der Waals surface area contributed by atoms with E-state index < -0.39 is 11.9 Å². The number of carbonyl (C=O) groups is 2. The Morgan fingerprint density at radius 3 is 2.37 bits per heavy atom. The van der Waals surface area contributed by atoms with Gasteiger partial charge >= 0.3 is 5.97 Å². The molecule has 1 atom stereocenters. The van der Waals surface area contributed by atoms with Crippen LogP contribution in [0.15, 0.2) is 29.2 Å². The van der Waals surface area contributed by atoms with Crippen LogP contribution in [0, 0.1) is 5.92 Å². The van der Waals surface area contributed by atoms with Crippen LogP contribution in [0.1, 0.15) is 36.5 Å². The van der Waals surface area contributed by atoms with Crippen LogP contribution in [0.4, 0.5) is 0 Å². The van der Waals surface area contributed by atoms with E-state index in [1.54, 1.807) is 23.9 Å². The number of ether oxygens (including phenoxy) is 1. The number of unbranched alkanes of at least 4 members (excludes halogenated alkanes) is 1. The zero-order chi connectivity index (χ0) is 14.3. The second-order valence-corrected chi connectivity index (χ2v) is 5.19. The van der Waals surface area contributed by atoms with E-state index in [9.17, 15) is 9.59 Å². The summed E-state index contributed by atoms with van der Waals surface area (Å²) < 4.78 is 4.73. The van der Waals surface area contributed by atoms with Gasteiger partial charge in [-0.2, -0.15) is 0 Å². The Labute approximate surface area is 118 Å². The lowest BCUT2D eigenvalue weighted by Gasteiger charge is -2.13. The molecule has 0 aliphatic heterocycles. The molecule has 4 heteroatoms. The number of Topliss-reactive ketones (excluding diaryl/α,β-unsaturated/α-hetero) is 1. The summed E-state index contributed by atoms with van der Waals surface area (Å²) in [4.78, 5) is 25.1. The highest BCUT2D eigenvalue weighted by atomic mass is 32.2. The molecule has 1 rings (SSSR count). The van der Waals surface area contributed by atoms with E-state index in [1.807, 2.05) is 25.3 Å². The summed E-state index contributed by atoms with van der Waals surface area (Å²) in [6.07, 6.45) is 4.32. The van der Waals surface area contributed by atoms with Gasteiger partial charge in [-0.1, -0.05) is 31.9 Å². The van der Waals surface area contributed by atoms with Gasteiger partial charge in [0, 0.05) is 10.5 Å². The monoisotopic (exact) mass is 280 g/mol. The zero-order valence-corrected chi connectivity index (χ0v) is 12.5. The lowest BCUT2D eigenvalue weighted by atomic mass is 9.93. The molecule has 0 N–H and O–H groups in total. The van der Waals surface area contributed by atoms with E-state index in [0.717, 1.165) is 17.7 Å². The number of thioether (sulfide) groups is 1. The number of methoxy groups -OCH3 is 1. The molecule has 0 amide bonds. The molecule has 1 aromatic rings. The van der Waals surface area contributed by atoms with Crippen molar-refractivity contribution in [2.75, 3.05) is 13.4 Å². The smallest absolute Gasteiger partial charge is 0.316 e. The first kappa shape index (κ1) is 15.8. The molecule has 0 aliphatic rings. The third-order valence-corrected chi connectivity index (χ3v) is 3.77. The molecule has 1 unspecified atom stereocenters. The fourth-order valence-corrected chi connectivity index (χ4v) is 2.27. The molecule has 19 heavy (non-hydrogen) atoms. The molecule has 0 heterocycles. The molecule has 0 radical (unpaired) electrons. The summed E-state index contributed by atoms with van der Waals surface area (Å²) in [6.45, 7) is 2.03. The van der Waals surface area contributed by atoms with Crippen molar-refractivity contribution in [3.63, 3.8) is 0 Å². The largest absolute Gasteiger partial charge is 0.468 e. The normalized spacial score (nSPS) is 11.9. The molecular weight excluding hydrogens is 260 g/mol. The van der Waals surface area contributed by atoms with Crippen molar-refractivity contribution in [3.8, 4) is 0 Å². The first-order chi connectivity index (χ1) is 9.13. The van der Waals surface area contributed by atoms with E-state index in [1.165, 1.54) is 7.11 Å². The van der Waals surface area contributed by atoms with Gasteiger partial charge in [-0.25, -0.2) is 0 Å². The summed E-state index contributed by atoms with van der Waals surface area (Å²) in [5.74, 6) is -1.26. The molecule has 3 nitrogen and oxygen atoms in total. The zero-order valence-electron chi connectivity index (χ0n) is 11.6. The molecule has 0 fully saturated rings. The Hall–Kier alpha value is -1.29. The maximum absolute atomic E-state index is 12.3. The predicted octanol–water partition coefficient (Wildman–Crippen LogP) is 3.57. The van der Waals surface area contributed by atoms with Crippen LogP contribution in [0.2, 0.25) is 0 Å². The van der Waals surface area contributed by atoms with Crippen LogP contribution in [-0.4, -0.2) is 25.1 Å². The van der Waals surface area contributed by atoms with Crippen molar-refractivity contribution < 1.29 is 14.3 Å². The van der Waals surface area contributed by atoms with E-state index >= 15 is 0 Å². The minimum absolute atomic E-state index is 0.145. The third kappa shape index (κ3) is 4.39. The Kier molecular flexibility index (Phi) is 6.64. The van der Waals surface area contributed by atoms with Gasteiger partial charge in [0.15, 0.2) is 5.78 Å². The van der Waals surface area contributed by atoms with Crippen molar-refractivity contribution in [3.05, 3.63) is 29.8 Å². The second-order valence-electron chi connectivity index (χ2n) is 4.31. The summed E-state index contributed by atoms with van der Waals surface area (Å²) in [5, 5.41) is 0. The fraction of sp³-hybridized carbons (Fsp3) is 0.467. The molecule has 1 aromatic carbocycles. The number of benzene rings is 1. The Morgan fingerprint density at radius 1 is 1.26 bits per heavy atom. The predicted molar refractivity (Wildman–Crippen MR) is 77.6 cm³/mol. The fourth-order valence-electron chi connectivity index (χ4n) is 1.86. The first-order valence-electron chi connectivity index (χ1n) is 6.40. The van der Waals surface area contributed by atoms with Crippen molar-refractivity contribution >= 4 is 23.5 Å². The van der Waals surface area contributed by atoms with Gasteiger partial charge in [0.05, 0.1) is 7.11 Å². The van der Waals surface area contributed by atoms with Crippen LogP contribution in [0.5, 0.6) is 0 Å². The van der Waals surface area contributed by atoms with E-state index in [4.69, 9.17) is 4.74 Å². The molecule has 0 aromatic heterocycles. The highest BCUT2D eigenvalue weighted by molar-refractivity contribution is 7.98. The van der Waals surface area contributed by atoms with Crippen LogP contribution in [0.25, 0.3) is 0 Å². The summed E-state index contributed by atoms with van der Waals surface area (Å²) in [6, 6.07) is 7.34. The van der Waals surface area contributed by atoms with Crippen molar-refractivity contribution in [1.29, 1.82) is 0 Å². The van der Waals surface area contributed by atoms with E-state index in [-0.39, 0.29) is 5.78 Å². The number of esters is 1. The highest BCUT2D eigenvalue weighted by Crippen LogP contribution is 2.20. The standard InChI is InChI=1S/C15H20O3S/c1-4-5-6-13(15(17)18-2)14(16)11-7-9-12(19-3)10-8-11/h7-10,13H,4-6H2,1-3H3. The van der Waals surface area contributed by atoms with Gasteiger partial charge in [0.25, 0.3) is 0 Å². The maximum Gasteiger partial charge on any atom is 0.316 e. The molecule has 0 saturated heterocycles. The quantitative estimate of drug-likeness (QED) is 0.331. The van der Waals surface area contributed by atoms with E-state index in [2.05, 4.69) is 0 Å². The summed E-state index contributed by atoms with van der Waals surface area (Å²) in [5.41, 5.74) is 0.573. The van der Waals surface area contributed by atoms with Crippen LogP contribution >= 0.6 is 11.8 Å². The number of carbonyl (C=O) groups excluding carboxylic acids is 2. The molecular formula is C15H20O3S. The summed E-state index contributed by atoms with van der Waals surface area (Å²) in [7, 11) is 1.32. The average molecular weight is 280 g/mol. The van der Waals surface area contributed by atoms with Gasteiger partial charge in [0.2, 0.25) is 0 Å². The van der Waals surface area contributed by atoms with Crippen molar-refractivity contribution in [2.24, 2.45) is 5.92 Å². The van der Waals surface area contributed by atoms with Crippen LogP contribution in [-0.2, 0) is 9.53 Å². The van der Waals surface area contributed by atoms with Crippen LogP contribution in [0.3, 0.4) is 0 Å². The van der Waals surface area contributed by atoms with Crippen molar-refractivity contribution in [2.45, 2.75) is 31.1 Å². The minimum Gasteiger partial charge on any atom is -0.468 e. The van der Waals surface area contributed by atoms with Gasteiger partial charge in [-0.05, 0) is 24.8 Å². The van der Waals surface area contributed by atoms with E-state index in [0.29, 0.717) is 12.0 Å². The van der Waals surface area contributed by atoms with Crippen LogP contribution < -0.4 is 0 Å². The Balaban J connectivity index is 2.87. The maximum atomic E-state index is 12.3. The second kappa shape index (κ2) is 8.00. The lowest BCUT2D eigenvalue weighted by molar-refractivity contribution is -0.143. The minimum atomic E-state index is -0.676. The molecule has 0 spiro atoms. The van der Waals surface area contributed by atoms with Gasteiger partial charge in [-0.3, -0.25) is 9.59 Å². The van der Waals surface area contributed by atoms with Gasteiger partial charge in [-0.15, -0.1) is 11.8 Å². The number of hydrogen-bond donors (Lipinski definition) is 0. The lowest BCUT2D eigenvalue weighted by Crippen LogP contribution is -2.25. The first-order valence-corrected chi connectivity index (χ1v) is 7.62. The highest BCUT2D eigenvalue weighted by Gasteiger charge is 2.27. The van der Waals surface area contributed by atoms with Gasteiger partial charge in [0.1, 0.15) is 5.92 Å². The van der Waals surface area contributed by atoms with Crippen molar-refractivity contribution in [1.82, 2.24) is 0 Å². The molecule has 0 aliphatic carbocycles. The summed E-state index contributed by atoms with van der Waals surface area (Å²) >= 11 is 1.62. The number of hydrogen-bond acceptors (Lipinski definition) is 4. The Bertz CT molecular complexity index is 426. The number of rotatable bonds is 7. The van der Waals surface area contributed by atoms with Gasteiger partial charge < -0.3 is 4.74 Å². The topological polar surface area (TPSA) is 43.4 Å².